The van der Waals surface area contributed by atoms with E-state index in [-0.39, 0.29) is 5.02 Å². The van der Waals surface area contributed by atoms with Gasteiger partial charge in [0.15, 0.2) is 0 Å². The van der Waals surface area contributed by atoms with Gasteiger partial charge >= 0.3 is 0 Å². The number of hydrogen-bond acceptors (Lipinski definition) is 1. The van der Waals surface area contributed by atoms with Crippen LogP contribution in [0.15, 0.2) is 42.5 Å². The molecule has 0 N–H and O–H groups in total. The molecular weight excluding hydrogens is 273 g/mol. The standard InChI is InChI=1S/C17H13ClFN/c18-16-14(6-3-7-15(16)19)10-17(11-20)8-12-4-1-2-5-13(12)9-17/h1-7H,8-10H2. The Balaban J connectivity index is 1.94. The molecule has 0 unspecified atom stereocenters. The predicted molar refractivity (Wildman–Crippen MR) is 77.0 cm³/mol. The highest BCUT2D eigenvalue weighted by Gasteiger charge is 2.38. The van der Waals surface area contributed by atoms with Gasteiger partial charge in [0, 0.05) is 0 Å². The number of halogens is 2. The maximum absolute atomic E-state index is 13.5. The average Bonchev–Trinajstić information content (AvgIpc) is 2.83. The van der Waals surface area contributed by atoms with Gasteiger partial charge in [-0.2, -0.15) is 5.26 Å². The van der Waals surface area contributed by atoms with E-state index in [1.807, 2.05) is 12.1 Å². The van der Waals surface area contributed by atoms with E-state index in [0.29, 0.717) is 24.8 Å². The first-order valence-corrected chi connectivity index (χ1v) is 6.92. The SMILES string of the molecule is N#CC1(Cc2cccc(F)c2Cl)Cc2ccccc2C1. The maximum Gasteiger partial charge on any atom is 0.142 e. The molecule has 0 fully saturated rings. The number of hydrogen-bond donors (Lipinski definition) is 0. The highest BCUT2D eigenvalue weighted by Crippen LogP contribution is 2.40. The summed E-state index contributed by atoms with van der Waals surface area (Å²) in [5, 5.41) is 9.76. The van der Waals surface area contributed by atoms with Gasteiger partial charge < -0.3 is 0 Å². The maximum atomic E-state index is 13.5. The first-order valence-electron chi connectivity index (χ1n) is 6.54. The van der Waals surface area contributed by atoms with E-state index >= 15 is 0 Å². The van der Waals surface area contributed by atoms with Gasteiger partial charge in [-0.1, -0.05) is 48.0 Å². The Morgan fingerprint density at radius 2 is 1.75 bits per heavy atom. The fourth-order valence-electron chi connectivity index (χ4n) is 2.99. The normalized spacial score (nSPS) is 15.7. The molecule has 100 valence electrons. The summed E-state index contributed by atoms with van der Waals surface area (Å²) in [6.45, 7) is 0. The molecule has 20 heavy (non-hydrogen) atoms. The third-order valence-corrected chi connectivity index (χ3v) is 4.40. The zero-order valence-corrected chi connectivity index (χ0v) is 11.6. The van der Waals surface area contributed by atoms with Gasteiger partial charge in [-0.05, 0) is 42.0 Å². The lowest BCUT2D eigenvalue weighted by molar-refractivity contribution is 0.417. The molecule has 0 amide bonds. The van der Waals surface area contributed by atoms with Crippen LogP contribution in [-0.4, -0.2) is 0 Å². The minimum atomic E-state index is -0.513. The molecule has 2 aromatic rings. The van der Waals surface area contributed by atoms with Crippen LogP contribution in [0.3, 0.4) is 0 Å². The van der Waals surface area contributed by atoms with Crippen LogP contribution in [0.4, 0.5) is 4.39 Å². The van der Waals surface area contributed by atoms with E-state index in [1.54, 1.807) is 12.1 Å². The molecule has 0 saturated carbocycles. The fourth-order valence-corrected chi connectivity index (χ4v) is 3.18. The summed E-state index contributed by atoms with van der Waals surface area (Å²) in [6, 6.07) is 15.3. The van der Waals surface area contributed by atoms with Crippen molar-refractivity contribution in [3.05, 3.63) is 70.0 Å². The van der Waals surface area contributed by atoms with Crippen molar-refractivity contribution in [2.45, 2.75) is 19.3 Å². The van der Waals surface area contributed by atoms with Crippen LogP contribution in [0.2, 0.25) is 5.02 Å². The van der Waals surface area contributed by atoms with E-state index in [9.17, 15) is 9.65 Å². The number of rotatable bonds is 2. The lowest BCUT2D eigenvalue weighted by Gasteiger charge is -2.21. The molecule has 0 saturated heterocycles. The van der Waals surface area contributed by atoms with Crippen molar-refractivity contribution in [1.29, 1.82) is 5.26 Å². The number of nitriles is 1. The van der Waals surface area contributed by atoms with Crippen molar-refractivity contribution in [2.24, 2.45) is 5.41 Å². The predicted octanol–water partition coefficient (Wildman–Crippen LogP) is 4.33. The minimum absolute atomic E-state index is 0.137. The van der Waals surface area contributed by atoms with E-state index in [2.05, 4.69) is 18.2 Å². The van der Waals surface area contributed by atoms with E-state index in [4.69, 9.17) is 11.6 Å². The lowest BCUT2D eigenvalue weighted by atomic mass is 9.80. The molecule has 0 bridgehead atoms. The smallest absolute Gasteiger partial charge is 0.142 e. The van der Waals surface area contributed by atoms with Gasteiger partial charge in [-0.25, -0.2) is 4.39 Å². The van der Waals surface area contributed by atoms with Gasteiger partial charge in [0.25, 0.3) is 0 Å². The lowest BCUT2D eigenvalue weighted by Crippen LogP contribution is -2.22. The van der Waals surface area contributed by atoms with Crippen LogP contribution in [0, 0.1) is 22.6 Å². The van der Waals surface area contributed by atoms with Crippen LogP contribution in [-0.2, 0) is 19.3 Å². The molecule has 3 rings (SSSR count). The molecule has 0 atom stereocenters. The molecule has 0 heterocycles. The van der Waals surface area contributed by atoms with Crippen LogP contribution in [0.25, 0.3) is 0 Å². The molecular formula is C17H13ClFN. The molecule has 1 aliphatic carbocycles. The van der Waals surface area contributed by atoms with Crippen LogP contribution < -0.4 is 0 Å². The molecule has 0 radical (unpaired) electrons. The highest BCUT2D eigenvalue weighted by molar-refractivity contribution is 6.31. The summed E-state index contributed by atoms with van der Waals surface area (Å²) < 4.78 is 13.5. The molecule has 2 aromatic carbocycles. The van der Waals surface area contributed by atoms with Crippen molar-refractivity contribution in [3.63, 3.8) is 0 Å². The topological polar surface area (TPSA) is 23.8 Å². The van der Waals surface area contributed by atoms with Crippen LogP contribution >= 0.6 is 11.6 Å². The van der Waals surface area contributed by atoms with Crippen molar-refractivity contribution in [1.82, 2.24) is 0 Å². The Morgan fingerprint density at radius 3 is 2.35 bits per heavy atom. The third-order valence-electron chi connectivity index (χ3n) is 3.97. The van der Waals surface area contributed by atoms with Crippen LogP contribution in [0.5, 0.6) is 0 Å². The Labute approximate surface area is 122 Å². The molecule has 0 spiro atoms. The Kier molecular flexibility index (Phi) is 3.23. The van der Waals surface area contributed by atoms with Crippen molar-refractivity contribution >= 4 is 11.6 Å². The second-order valence-corrected chi connectivity index (χ2v) is 5.78. The van der Waals surface area contributed by atoms with Gasteiger partial charge in [0.05, 0.1) is 16.5 Å². The van der Waals surface area contributed by atoms with Gasteiger partial charge in [0.1, 0.15) is 5.82 Å². The Bertz CT molecular complexity index is 677. The highest BCUT2D eigenvalue weighted by atomic mass is 35.5. The summed E-state index contributed by atoms with van der Waals surface area (Å²) in [7, 11) is 0. The third kappa shape index (κ3) is 2.19. The van der Waals surface area contributed by atoms with Gasteiger partial charge in [-0.15, -0.1) is 0 Å². The van der Waals surface area contributed by atoms with E-state index < -0.39 is 11.2 Å². The summed E-state index contributed by atoms with van der Waals surface area (Å²) >= 11 is 6.02. The molecule has 0 aliphatic heterocycles. The molecule has 0 aromatic heterocycles. The quantitative estimate of drug-likeness (QED) is 0.806. The monoisotopic (exact) mass is 285 g/mol. The summed E-state index contributed by atoms with van der Waals surface area (Å²) in [5.41, 5.74) is 2.62. The second-order valence-electron chi connectivity index (χ2n) is 5.40. The average molecular weight is 286 g/mol. The zero-order valence-electron chi connectivity index (χ0n) is 10.9. The first-order chi connectivity index (χ1) is 9.63. The largest absolute Gasteiger partial charge is 0.205 e. The van der Waals surface area contributed by atoms with Crippen molar-refractivity contribution < 1.29 is 4.39 Å². The first kappa shape index (κ1) is 13.1. The molecule has 3 heteroatoms. The summed E-state index contributed by atoms with van der Waals surface area (Å²) in [6.07, 6.45) is 1.88. The van der Waals surface area contributed by atoms with Crippen molar-refractivity contribution in [3.8, 4) is 6.07 Å². The Morgan fingerprint density at radius 1 is 1.10 bits per heavy atom. The zero-order chi connectivity index (χ0) is 14.2. The minimum Gasteiger partial charge on any atom is -0.205 e. The van der Waals surface area contributed by atoms with Gasteiger partial charge in [0.2, 0.25) is 0 Å². The van der Waals surface area contributed by atoms with Crippen LogP contribution in [0.1, 0.15) is 16.7 Å². The summed E-state index contributed by atoms with van der Waals surface area (Å²) in [4.78, 5) is 0. The van der Waals surface area contributed by atoms with E-state index in [1.165, 1.54) is 17.2 Å². The number of fused-ring (bicyclic) bond motifs is 1. The van der Waals surface area contributed by atoms with E-state index in [0.717, 1.165) is 0 Å². The molecule has 1 nitrogen and oxygen atoms in total. The Hall–Kier alpha value is -1.85. The number of benzene rings is 2. The number of nitrogens with zero attached hydrogens (tertiary/aromatic N) is 1. The second kappa shape index (κ2) is 4.92. The fraction of sp³-hybridized carbons (Fsp3) is 0.235. The summed E-state index contributed by atoms with van der Waals surface area (Å²) in [5.74, 6) is -0.423. The van der Waals surface area contributed by atoms with Gasteiger partial charge in [-0.3, -0.25) is 0 Å². The molecule has 1 aliphatic rings. The van der Waals surface area contributed by atoms with Crippen molar-refractivity contribution in [2.75, 3.05) is 0 Å².